The molecule has 29 heavy (non-hydrogen) atoms. The van der Waals surface area contributed by atoms with Crippen LogP contribution in [0.25, 0.3) is 0 Å². The van der Waals surface area contributed by atoms with Gasteiger partial charge >= 0.3 is 0 Å². The third-order valence-electron chi connectivity index (χ3n) is 5.29. The molecule has 0 unspecified atom stereocenters. The summed E-state index contributed by atoms with van der Waals surface area (Å²) in [6.07, 6.45) is 6.12. The number of aryl methyl sites for hydroxylation is 2. The van der Waals surface area contributed by atoms with Crippen molar-refractivity contribution in [2.75, 3.05) is 32.5 Å². The minimum atomic E-state index is -3.58. The van der Waals surface area contributed by atoms with E-state index in [0.29, 0.717) is 24.3 Å². The van der Waals surface area contributed by atoms with Crippen LogP contribution >= 0.6 is 0 Å². The number of benzene rings is 1. The summed E-state index contributed by atoms with van der Waals surface area (Å²) in [5.41, 5.74) is 1.88. The van der Waals surface area contributed by atoms with Crippen LogP contribution in [-0.4, -0.2) is 60.3 Å². The molecule has 158 valence electrons. The zero-order chi connectivity index (χ0) is 21.2. The number of amides is 1. The largest absolute Gasteiger partial charge is 0.336 e. The van der Waals surface area contributed by atoms with Crippen LogP contribution < -0.4 is 5.32 Å². The maximum Gasteiger partial charge on any atom is 0.247 e. The first-order valence-corrected chi connectivity index (χ1v) is 11.2. The second kappa shape index (κ2) is 8.64. The predicted molar refractivity (Wildman–Crippen MR) is 112 cm³/mol. The molecule has 1 amide bonds. The Morgan fingerprint density at radius 3 is 2.48 bits per heavy atom. The molecule has 1 saturated heterocycles. The van der Waals surface area contributed by atoms with Gasteiger partial charge < -0.3 is 9.88 Å². The van der Waals surface area contributed by atoms with Crippen molar-refractivity contribution in [2.24, 2.45) is 7.05 Å². The number of nitrogens with zero attached hydrogens (tertiary/aromatic N) is 4. The molecule has 3 rings (SSSR count). The van der Waals surface area contributed by atoms with Gasteiger partial charge in [0.05, 0.1) is 23.1 Å². The summed E-state index contributed by atoms with van der Waals surface area (Å²) in [5.74, 6) is -0.247. The van der Waals surface area contributed by atoms with Gasteiger partial charge in [0.1, 0.15) is 6.04 Å². The molecule has 9 heteroatoms. The molecular formula is C20H29N5O3S. The van der Waals surface area contributed by atoms with E-state index in [9.17, 15) is 13.2 Å². The van der Waals surface area contributed by atoms with Crippen molar-refractivity contribution in [1.82, 2.24) is 18.8 Å². The van der Waals surface area contributed by atoms with E-state index in [0.717, 1.165) is 25.0 Å². The van der Waals surface area contributed by atoms with Gasteiger partial charge in [-0.1, -0.05) is 12.5 Å². The van der Waals surface area contributed by atoms with Crippen molar-refractivity contribution in [1.29, 1.82) is 0 Å². The van der Waals surface area contributed by atoms with Crippen molar-refractivity contribution in [3.63, 3.8) is 0 Å². The van der Waals surface area contributed by atoms with Gasteiger partial charge in [-0.3, -0.25) is 9.69 Å². The summed E-state index contributed by atoms with van der Waals surface area (Å²) in [7, 11) is 1.89. The number of aromatic nitrogens is 2. The second-order valence-electron chi connectivity index (χ2n) is 7.73. The molecule has 1 aromatic heterocycles. The lowest BCUT2D eigenvalue weighted by Gasteiger charge is -2.27. The summed E-state index contributed by atoms with van der Waals surface area (Å²) in [4.78, 5) is 19.1. The highest BCUT2D eigenvalue weighted by molar-refractivity contribution is 7.89. The van der Waals surface area contributed by atoms with Crippen LogP contribution in [0.3, 0.4) is 0 Å². The Morgan fingerprint density at radius 1 is 1.21 bits per heavy atom. The Hall–Kier alpha value is -2.23. The van der Waals surface area contributed by atoms with Gasteiger partial charge in [-0.2, -0.15) is 4.31 Å². The maximum absolute atomic E-state index is 13.1. The van der Waals surface area contributed by atoms with E-state index in [1.165, 1.54) is 0 Å². The number of likely N-dealkylation sites (N-methyl/N-ethyl adjacent to an activating group) is 1. The number of hydrogen-bond donors (Lipinski definition) is 1. The maximum atomic E-state index is 13.1. The molecule has 1 aliphatic heterocycles. The minimum absolute atomic E-state index is 0.247. The minimum Gasteiger partial charge on any atom is -0.336 e. The molecule has 8 nitrogen and oxygen atoms in total. The molecule has 0 spiro atoms. The highest BCUT2D eigenvalue weighted by atomic mass is 32.2. The quantitative estimate of drug-likeness (QED) is 0.775. The number of sulfonamides is 1. The third kappa shape index (κ3) is 4.52. The first kappa shape index (κ1) is 21.5. The number of piperidine rings is 1. The SMILES string of the molecule is Cc1ccc(NC(=O)[C@@H](c2cncn2C)N(C)C)cc1S(=O)(=O)N1CCCCC1. The normalized spacial score (nSPS) is 16.7. The number of carbonyl (C=O) groups excluding carboxylic acids is 1. The van der Waals surface area contributed by atoms with Gasteiger partial charge in [0.15, 0.2) is 0 Å². The lowest BCUT2D eigenvalue weighted by Crippen LogP contribution is -2.36. The van der Waals surface area contributed by atoms with Gasteiger partial charge in [-0.15, -0.1) is 0 Å². The van der Waals surface area contributed by atoms with Crippen LogP contribution in [0.1, 0.15) is 36.6 Å². The van der Waals surface area contributed by atoms with E-state index in [4.69, 9.17) is 0 Å². The summed E-state index contributed by atoms with van der Waals surface area (Å²) in [6.45, 7) is 2.86. The average Bonchev–Trinajstić information content (AvgIpc) is 3.09. The van der Waals surface area contributed by atoms with E-state index < -0.39 is 16.1 Å². The molecule has 1 atom stereocenters. The molecule has 0 saturated carbocycles. The highest BCUT2D eigenvalue weighted by Crippen LogP contribution is 2.27. The number of imidazole rings is 1. The molecule has 1 fully saturated rings. The van der Waals surface area contributed by atoms with Crippen LogP contribution in [0, 0.1) is 6.92 Å². The fourth-order valence-corrected chi connectivity index (χ4v) is 5.44. The van der Waals surface area contributed by atoms with Crippen molar-refractivity contribution in [3.8, 4) is 0 Å². The lowest BCUT2D eigenvalue weighted by molar-refractivity contribution is -0.120. The number of carbonyl (C=O) groups is 1. The second-order valence-corrected chi connectivity index (χ2v) is 9.64. The molecule has 2 aromatic rings. The van der Waals surface area contributed by atoms with Crippen LogP contribution in [0.4, 0.5) is 5.69 Å². The number of hydrogen-bond acceptors (Lipinski definition) is 5. The Morgan fingerprint density at radius 2 is 1.90 bits per heavy atom. The number of anilines is 1. The molecule has 2 heterocycles. The molecular weight excluding hydrogens is 390 g/mol. The standard InChI is InChI=1S/C20H29N5O3S/c1-15-8-9-16(12-18(15)29(27,28)25-10-6-5-7-11-25)22-20(26)19(23(2)3)17-13-21-14-24(17)4/h8-9,12-14,19H,5-7,10-11H2,1-4H3,(H,22,26)/t19-/m1/s1. The van der Waals surface area contributed by atoms with E-state index in [1.807, 2.05) is 21.1 Å². The van der Waals surface area contributed by atoms with Crippen molar-refractivity contribution in [3.05, 3.63) is 42.0 Å². The van der Waals surface area contributed by atoms with E-state index >= 15 is 0 Å². The van der Waals surface area contributed by atoms with Gasteiger partial charge in [0.2, 0.25) is 15.9 Å². The van der Waals surface area contributed by atoms with Crippen molar-refractivity contribution >= 4 is 21.6 Å². The number of nitrogens with one attached hydrogen (secondary N) is 1. The third-order valence-corrected chi connectivity index (χ3v) is 7.33. The summed E-state index contributed by atoms with van der Waals surface area (Å²) >= 11 is 0. The molecule has 1 aromatic carbocycles. The Balaban J connectivity index is 1.87. The van der Waals surface area contributed by atoms with Crippen molar-refractivity contribution < 1.29 is 13.2 Å². The van der Waals surface area contributed by atoms with Crippen LogP contribution in [0.2, 0.25) is 0 Å². The summed E-state index contributed by atoms with van der Waals surface area (Å²) < 4.78 is 29.6. The zero-order valence-corrected chi connectivity index (χ0v) is 18.2. The predicted octanol–water partition coefficient (Wildman–Crippen LogP) is 2.14. The van der Waals surface area contributed by atoms with Gasteiger partial charge in [0.25, 0.3) is 0 Å². The fourth-order valence-electron chi connectivity index (χ4n) is 3.67. The van der Waals surface area contributed by atoms with Crippen LogP contribution in [-0.2, 0) is 21.9 Å². The molecule has 1 N–H and O–H groups in total. The van der Waals surface area contributed by atoms with Crippen LogP contribution in [0.15, 0.2) is 35.6 Å². The van der Waals surface area contributed by atoms with E-state index in [2.05, 4.69) is 10.3 Å². The monoisotopic (exact) mass is 419 g/mol. The Kier molecular flexibility index (Phi) is 6.40. The zero-order valence-electron chi connectivity index (χ0n) is 17.4. The average molecular weight is 420 g/mol. The summed E-state index contributed by atoms with van der Waals surface area (Å²) in [5, 5.41) is 2.88. The van der Waals surface area contributed by atoms with Crippen LogP contribution in [0.5, 0.6) is 0 Å². The summed E-state index contributed by atoms with van der Waals surface area (Å²) in [6, 6.07) is 4.48. The van der Waals surface area contributed by atoms with Gasteiger partial charge in [0, 0.05) is 25.8 Å². The molecule has 0 radical (unpaired) electrons. The smallest absolute Gasteiger partial charge is 0.247 e. The highest BCUT2D eigenvalue weighted by Gasteiger charge is 2.29. The molecule has 0 aliphatic carbocycles. The van der Waals surface area contributed by atoms with Crippen molar-refractivity contribution in [2.45, 2.75) is 37.1 Å². The van der Waals surface area contributed by atoms with E-state index in [1.54, 1.807) is 51.4 Å². The first-order valence-electron chi connectivity index (χ1n) is 9.76. The lowest BCUT2D eigenvalue weighted by atomic mass is 10.1. The Bertz CT molecular complexity index is 978. The van der Waals surface area contributed by atoms with Gasteiger partial charge in [-0.05, 0) is 51.6 Å². The Labute approximate surface area is 172 Å². The van der Waals surface area contributed by atoms with Gasteiger partial charge in [-0.25, -0.2) is 13.4 Å². The first-order chi connectivity index (χ1) is 13.7. The topological polar surface area (TPSA) is 87.5 Å². The fraction of sp³-hybridized carbons (Fsp3) is 0.500. The molecule has 1 aliphatic rings. The molecule has 0 bridgehead atoms. The number of rotatable bonds is 6. The van der Waals surface area contributed by atoms with E-state index in [-0.39, 0.29) is 10.8 Å².